The number of amides is 4. The molecule has 19 heavy (non-hydrogen) atoms. The molecule has 102 valence electrons. The molecule has 2 saturated heterocycles. The van der Waals surface area contributed by atoms with E-state index in [1.54, 1.807) is 0 Å². The van der Waals surface area contributed by atoms with Crippen LogP contribution in [-0.2, 0) is 9.59 Å². The fraction of sp³-hybridized carbons (Fsp3) is 0.615. The van der Waals surface area contributed by atoms with Gasteiger partial charge in [0, 0.05) is 19.0 Å². The second-order valence-corrected chi connectivity index (χ2v) is 5.46. The van der Waals surface area contributed by atoms with Gasteiger partial charge in [0.2, 0.25) is 5.91 Å². The van der Waals surface area contributed by atoms with E-state index < -0.39 is 11.6 Å². The number of imide groups is 1. The molecule has 2 aliphatic heterocycles. The molecule has 1 spiro atoms. The highest BCUT2D eigenvalue weighted by molar-refractivity contribution is 6.07. The van der Waals surface area contributed by atoms with E-state index in [2.05, 4.69) is 10.6 Å². The number of nitrogens with zero attached hydrogens (tertiary/aromatic N) is 1. The van der Waals surface area contributed by atoms with Crippen molar-refractivity contribution in [2.75, 3.05) is 13.1 Å². The van der Waals surface area contributed by atoms with Crippen LogP contribution in [0.3, 0.4) is 0 Å². The number of hydrogen-bond acceptors (Lipinski definition) is 3. The number of carbonyl (C=O) groups is 3. The van der Waals surface area contributed by atoms with Crippen molar-refractivity contribution in [1.29, 1.82) is 0 Å². The summed E-state index contributed by atoms with van der Waals surface area (Å²) in [4.78, 5) is 37.1. The summed E-state index contributed by atoms with van der Waals surface area (Å²) in [5, 5.41) is 4.97. The van der Waals surface area contributed by atoms with Crippen LogP contribution in [0.5, 0.6) is 0 Å². The summed E-state index contributed by atoms with van der Waals surface area (Å²) in [6.07, 6.45) is 6.71. The highest BCUT2D eigenvalue weighted by Gasteiger charge is 2.48. The third-order valence-corrected chi connectivity index (χ3v) is 4.30. The second-order valence-electron chi connectivity index (χ2n) is 5.46. The topological polar surface area (TPSA) is 78.5 Å². The van der Waals surface area contributed by atoms with Gasteiger partial charge >= 0.3 is 6.03 Å². The van der Waals surface area contributed by atoms with Gasteiger partial charge in [0.25, 0.3) is 5.91 Å². The predicted molar refractivity (Wildman–Crippen MR) is 67.1 cm³/mol. The number of hydrogen-bond donors (Lipinski definition) is 2. The maximum Gasteiger partial charge on any atom is 0.322 e. The number of carbonyl (C=O) groups excluding carboxylic acids is 3. The molecule has 2 heterocycles. The molecule has 0 saturated carbocycles. The molecule has 3 rings (SSSR count). The highest BCUT2D eigenvalue weighted by atomic mass is 16.2. The quantitative estimate of drug-likeness (QED) is 0.522. The molecule has 0 bridgehead atoms. The molecule has 0 atom stereocenters. The van der Waals surface area contributed by atoms with Crippen molar-refractivity contribution in [2.45, 2.75) is 31.2 Å². The molecule has 0 radical (unpaired) electrons. The first-order chi connectivity index (χ1) is 9.11. The van der Waals surface area contributed by atoms with E-state index in [1.807, 2.05) is 17.1 Å². The normalized spacial score (nSPS) is 25.8. The van der Waals surface area contributed by atoms with E-state index in [-0.39, 0.29) is 17.7 Å². The molecule has 4 amide bonds. The third-order valence-electron chi connectivity index (χ3n) is 4.30. The number of nitrogens with one attached hydrogen (secondary N) is 2. The summed E-state index contributed by atoms with van der Waals surface area (Å²) < 4.78 is 0. The Kier molecular flexibility index (Phi) is 2.80. The Morgan fingerprint density at radius 3 is 2.37 bits per heavy atom. The second kappa shape index (κ2) is 4.36. The lowest BCUT2D eigenvalue weighted by Crippen LogP contribution is -2.56. The summed E-state index contributed by atoms with van der Waals surface area (Å²) in [6, 6.07) is -0.426. The summed E-state index contributed by atoms with van der Waals surface area (Å²) in [5.74, 6) is -0.0160. The molecule has 0 aromatic heterocycles. The van der Waals surface area contributed by atoms with E-state index in [1.165, 1.54) is 0 Å². The molecule has 6 nitrogen and oxygen atoms in total. The summed E-state index contributed by atoms with van der Waals surface area (Å²) in [7, 11) is 0. The van der Waals surface area contributed by atoms with Crippen molar-refractivity contribution < 1.29 is 14.4 Å². The molecule has 2 fully saturated rings. The van der Waals surface area contributed by atoms with E-state index in [9.17, 15) is 14.4 Å². The summed E-state index contributed by atoms with van der Waals surface area (Å²) >= 11 is 0. The van der Waals surface area contributed by atoms with Crippen LogP contribution in [0.1, 0.15) is 25.7 Å². The van der Waals surface area contributed by atoms with Crippen molar-refractivity contribution in [1.82, 2.24) is 15.5 Å². The SMILES string of the molecule is O=C1NC(=O)C2(CCN(C(=O)C3CC=CC3)CC2)N1. The van der Waals surface area contributed by atoms with Gasteiger partial charge < -0.3 is 10.2 Å². The lowest BCUT2D eigenvalue weighted by atomic mass is 9.87. The lowest BCUT2D eigenvalue weighted by molar-refractivity contribution is -0.139. The van der Waals surface area contributed by atoms with E-state index in [0.717, 1.165) is 12.8 Å². The van der Waals surface area contributed by atoms with E-state index in [0.29, 0.717) is 25.9 Å². The Balaban J connectivity index is 1.62. The average molecular weight is 263 g/mol. The Morgan fingerprint density at radius 2 is 1.84 bits per heavy atom. The Hall–Kier alpha value is -1.85. The van der Waals surface area contributed by atoms with Crippen LogP contribution in [0.15, 0.2) is 12.2 Å². The predicted octanol–water partition coefficient (Wildman–Crippen LogP) is 0.153. The standard InChI is InChI=1S/C13H17N3O3/c17-10(9-3-1-2-4-9)16-7-5-13(6-8-16)11(18)14-12(19)15-13/h1-2,9H,3-8H2,(H2,14,15,18,19). The van der Waals surface area contributed by atoms with Crippen LogP contribution in [0.2, 0.25) is 0 Å². The first-order valence-electron chi connectivity index (χ1n) is 6.68. The number of urea groups is 1. The molecule has 2 N–H and O–H groups in total. The van der Waals surface area contributed by atoms with Crippen molar-refractivity contribution >= 4 is 17.8 Å². The smallest absolute Gasteiger partial charge is 0.322 e. The Labute approximate surface area is 111 Å². The van der Waals surface area contributed by atoms with Gasteiger partial charge in [0.15, 0.2) is 0 Å². The minimum absolute atomic E-state index is 0.0704. The molecule has 3 aliphatic rings. The highest BCUT2D eigenvalue weighted by Crippen LogP contribution is 2.28. The Bertz CT molecular complexity index is 456. The number of rotatable bonds is 1. The number of allylic oxidation sites excluding steroid dienone is 2. The van der Waals surface area contributed by atoms with Gasteiger partial charge in [-0.3, -0.25) is 14.9 Å². The van der Waals surface area contributed by atoms with Gasteiger partial charge in [0.1, 0.15) is 5.54 Å². The fourth-order valence-corrected chi connectivity index (χ4v) is 3.07. The molecule has 1 aliphatic carbocycles. The van der Waals surface area contributed by atoms with Crippen molar-refractivity contribution in [3.05, 3.63) is 12.2 Å². The van der Waals surface area contributed by atoms with Crippen LogP contribution in [0, 0.1) is 5.92 Å². The van der Waals surface area contributed by atoms with Gasteiger partial charge in [-0.1, -0.05) is 12.2 Å². The number of piperidine rings is 1. The lowest BCUT2D eigenvalue weighted by Gasteiger charge is -2.38. The summed E-state index contributed by atoms with van der Waals surface area (Å²) in [5.41, 5.74) is -0.790. The zero-order valence-electron chi connectivity index (χ0n) is 10.6. The van der Waals surface area contributed by atoms with Gasteiger partial charge in [-0.05, 0) is 25.7 Å². The van der Waals surface area contributed by atoms with Gasteiger partial charge in [-0.15, -0.1) is 0 Å². The first-order valence-corrected chi connectivity index (χ1v) is 6.68. The minimum Gasteiger partial charge on any atom is -0.342 e. The van der Waals surface area contributed by atoms with Crippen LogP contribution >= 0.6 is 0 Å². The molecule has 6 heteroatoms. The van der Waals surface area contributed by atoms with Crippen LogP contribution in [-0.4, -0.2) is 41.4 Å². The van der Waals surface area contributed by atoms with Crippen LogP contribution < -0.4 is 10.6 Å². The zero-order chi connectivity index (χ0) is 13.5. The van der Waals surface area contributed by atoms with Crippen molar-refractivity contribution in [2.24, 2.45) is 5.92 Å². The van der Waals surface area contributed by atoms with Crippen molar-refractivity contribution in [3.8, 4) is 0 Å². The number of likely N-dealkylation sites (tertiary alicyclic amines) is 1. The van der Waals surface area contributed by atoms with Gasteiger partial charge in [-0.25, -0.2) is 4.79 Å². The van der Waals surface area contributed by atoms with Crippen LogP contribution in [0.4, 0.5) is 4.79 Å². The van der Waals surface area contributed by atoms with E-state index in [4.69, 9.17) is 0 Å². The first kappa shape index (κ1) is 12.2. The van der Waals surface area contributed by atoms with E-state index >= 15 is 0 Å². The minimum atomic E-state index is -0.790. The Morgan fingerprint density at radius 1 is 1.21 bits per heavy atom. The maximum atomic E-state index is 12.2. The molecular formula is C13H17N3O3. The largest absolute Gasteiger partial charge is 0.342 e. The zero-order valence-corrected chi connectivity index (χ0v) is 10.6. The summed E-state index contributed by atoms with van der Waals surface area (Å²) in [6.45, 7) is 1.06. The van der Waals surface area contributed by atoms with Crippen LogP contribution in [0.25, 0.3) is 0 Å². The third kappa shape index (κ3) is 2.01. The average Bonchev–Trinajstić information content (AvgIpc) is 2.99. The van der Waals surface area contributed by atoms with Gasteiger partial charge in [0.05, 0.1) is 0 Å². The van der Waals surface area contributed by atoms with Crippen molar-refractivity contribution in [3.63, 3.8) is 0 Å². The molecule has 0 aromatic rings. The molecule has 0 unspecified atom stereocenters. The molecular weight excluding hydrogens is 246 g/mol. The monoisotopic (exact) mass is 263 g/mol. The fourth-order valence-electron chi connectivity index (χ4n) is 3.07. The maximum absolute atomic E-state index is 12.2. The molecule has 0 aromatic carbocycles. The van der Waals surface area contributed by atoms with Gasteiger partial charge in [-0.2, -0.15) is 0 Å².